The van der Waals surface area contributed by atoms with E-state index >= 15 is 0 Å². The van der Waals surface area contributed by atoms with E-state index in [0.29, 0.717) is 19.2 Å². The molecule has 2 unspecified atom stereocenters. The summed E-state index contributed by atoms with van der Waals surface area (Å²) in [5.74, 6) is -2.56. The van der Waals surface area contributed by atoms with Crippen LogP contribution in [0.3, 0.4) is 0 Å². The van der Waals surface area contributed by atoms with Crippen LogP contribution in [0, 0.1) is 0 Å². The summed E-state index contributed by atoms with van der Waals surface area (Å²) in [5, 5.41) is 36.4. The molecule has 0 saturated carbocycles. The molecule has 0 saturated heterocycles. The van der Waals surface area contributed by atoms with Crippen LogP contribution in [0.5, 0.6) is 0 Å². The van der Waals surface area contributed by atoms with Crippen molar-refractivity contribution in [3.8, 4) is 22.8 Å². The van der Waals surface area contributed by atoms with E-state index in [1.54, 1.807) is 0 Å². The fourth-order valence-corrected chi connectivity index (χ4v) is 8.23. The summed E-state index contributed by atoms with van der Waals surface area (Å²) in [6.07, 6.45) is -26.0. The van der Waals surface area contributed by atoms with Gasteiger partial charge in [0.25, 0.3) is 0 Å². The van der Waals surface area contributed by atoms with Gasteiger partial charge in [0.05, 0.1) is 38.4 Å². The fourth-order valence-electron chi connectivity index (χ4n) is 7.97. The van der Waals surface area contributed by atoms with Crippen molar-refractivity contribution >= 4 is 35.1 Å². The van der Waals surface area contributed by atoms with Gasteiger partial charge < -0.3 is 19.7 Å². The van der Waals surface area contributed by atoms with Crippen LogP contribution in [-0.2, 0) is 83.5 Å². The van der Waals surface area contributed by atoms with Crippen LogP contribution < -0.4 is 11.4 Å². The minimum absolute atomic E-state index is 0.0787. The van der Waals surface area contributed by atoms with Gasteiger partial charge in [-0.25, -0.2) is 38.3 Å². The van der Waals surface area contributed by atoms with Crippen LogP contribution in [0.25, 0.3) is 22.8 Å². The average molecular weight is 1240 g/mol. The van der Waals surface area contributed by atoms with Crippen molar-refractivity contribution in [2.45, 2.75) is 89.0 Å². The summed E-state index contributed by atoms with van der Waals surface area (Å²) < 4.78 is 174. The van der Waals surface area contributed by atoms with Crippen molar-refractivity contribution in [1.29, 1.82) is 0 Å². The van der Waals surface area contributed by atoms with Gasteiger partial charge in [0.15, 0.2) is 35.5 Å². The van der Waals surface area contributed by atoms with Gasteiger partial charge in [-0.3, -0.25) is 18.7 Å². The van der Waals surface area contributed by atoms with E-state index in [2.05, 4.69) is 39.8 Å². The number of rotatable bonds is 18. The van der Waals surface area contributed by atoms with Crippen molar-refractivity contribution in [2.24, 2.45) is 0 Å². The normalized spacial score (nSPS) is 12.9. The molecule has 4 heterocycles. The van der Waals surface area contributed by atoms with Gasteiger partial charge in [-0.05, 0) is 71.8 Å². The lowest BCUT2D eigenvalue weighted by molar-refractivity contribution is -0.207. The standard InChI is InChI=1S/2C25H21ClF6N6O4/c1-42-21(40)13-37-20(10-15-4-2-3-5-17(15)24(27,28)29)33-19(34-37)12-38-23(41)36(11-18(39)25(30,31)32)22(35-38)14-6-8-16(26)9-7-14;1-42-21(40)13-37-20(33-19(34-37)10-15-4-2-3-5-17(15)24(27,28)29)12-38-23(41)36(11-18(39)25(30,31)32)22(35-38)14-6-8-16(26)9-7-14/h2*2-9,18,39H,10-13H2,1H3. The molecule has 4 aromatic carbocycles. The lowest BCUT2D eigenvalue weighted by Crippen LogP contribution is -2.37. The van der Waals surface area contributed by atoms with E-state index in [1.165, 1.54) is 84.9 Å². The molecule has 0 amide bonds. The Morgan fingerprint density at radius 3 is 1.31 bits per heavy atom. The number of carbonyl (C=O) groups excluding carboxylic acids is 2. The third-order valence-electron chi connectivity index (χ3n) is 12.0. The van der Waals surface area contributed by atoms with Gasteiger partial charge in [0.1, 0.15) is 37.8 Å². The number of aliphatic hydroxyl groups is 2. The van der Waals surface area contributed by atoms with Gasteiger partial charge in [0.2, 0.25) is 0 Å². The molecule has 34 heteroatoms. The molecular formula is C50H42Cl2F12N12O8. The molecule has 20 nitrogen and oxygen atoms in total. The quantitative estimate of drug-likeness (QED) is 0.0629. The van der Waals surface area contributed by atoms with Crippen LogP contribution >= 0.6 is 23.2 Å². The van der Waals surface area contributed by atoms with Crippen molar-refractivity contribution in [3.05, 3.63) is 174 Å². The number of hydrogen-bond acceptors (Lipinski definition) is 14. The van der Waals surface area contributed by atoms with Crippen LogP contribution in [-0.4, -0.2) is 119 Å². The molecule has 8 rings (SSSR count). The van der Waals surface area contributed by atoms with Gasteiger partial charge in [-0.2, -0.15) is 62.9 Å². The molecule has 448 valence electrons. The van der Waals surface area contributed by atoms with E-state index in [4.69, 9.17) is 23.2 Å². The minimum Gasteiger partial charge on any atom is -0.468 e. The van der Waals surface area contributed by atoms with Crippen molar-refractivity contribution in [2.75, 3.05) is 14.2 Å². The number of alkyl halides is 12. The maximum absolute atomic E-state index is 13.6. The number of aliphatic hydroxyl groups excluding tert-OH is 2. The summed E-state index contributed by atoms with van der Waals surface area (Å²) in [6.45, 7) is -4.50. The number of aromatic nitrogens is 12. The second-order valence-corrected chi connectivity index (χ2v) is 18.8. The number of benzene rings is 4. The highest BCUT2D eigenvalue weighted by Crippen LogP contribution is 2.34. The zero-order valence-electron chi connectivity index (χ0n) is 43.1. The number of halogens is 14. The Balaban J connectivity index is 0.000000241. The van der Waals surface area contributed by atoms with Crippen molar-refractivity contribution in [3.63, 3.8) is 0 Å². The third kappa shape index (κ3) is 15.6. The van der Waals surface area contributed by atoms with Crippen molar-refractivity contribution < 1.29 is 82.0 Å². The van der Waals surface area contributed by atoms with Crippen molar-refractivity contribution in [1.82, 2.24) is 58.2 Å². The maximum Gasteiger partial charge on any atom is 0.416 e. The number of nitrogens with zero attached hydrogens (tertiary/aromatic N) is 12. The molecule has 0 radical (unpaired) electrons. The number of carbonyl (C=O) groups is 2. The van der Waals surface area contributed by atoms with Gasteiger partial charge in [-0.15, -0.1) is 10.2 Å². The molecular weight excluding hydrogens is 1200 g/mol. The first-order chi connectivity index (χ1) is 39.3. The molecule has 0 bridgehead atoms. The molecule has 0 spiro atoms. The molecule has 0 aliphatic carbocycles. The molecule has 4 aromatic heterocycles. The maximum atomic E-state index is 13.6. The first-order valence-corrected chi connectivity index (χ1v) is 24.8. The van der Waals surface area contributed by atoms with Gasteiger partial charge in [-0.1, -0.05) is 59.6 Å². The Hall–Kier alpha value is -8.36. The minimum atomic E-state index is -5.04. The molecule has 0 aliphatic heterocycles. The fraction of sp³-hybridized carbons (Fsp3) is 0.320. The number of ether oxygens (including phenoxy) is 2. The van der Waals surface area contributed by atoms with E-state index < -0.39 is 123 Å². The molecule has 2 atom stereocenters. The number of esters is 2. The Morgan fingerprint density at radius 1 is 0.512 bits per heavy atom. The predicted octanol–water partition coefficient (Wildman–Crippen LogP) is 7.42. The summed E-state index contributed by atoms with van der Waals surface area (Å²) >= 11 is 11.8. The summed E-state index contributed by atoms with van der Waals surface area (Å²) in [4.78, 5) is 58.7. The van der Waals surface area contributed by atoms with E-state index in [1.807, 2.05) is 0 Å². The Morgan fingerprint density at radius 2 is 0.893 bits per heavy atom. The lowest BCUT2D eigenvalue weighted by atomic mass is 10.0. The predicted molar refractivity (Wildman–Crippen MR) is 269 cm³/mol. The molecule has 2 N–H and O–H groups in total. The first-order valence-electron chi connectivity index (χ1n) is 24.0. The van der Waals surface area contributed by atoms with Crippen LogP contribution in [0.2, 0.25) is 10.0 Å². The molecule has 0 aliphatic rings. The highest BCUT2D eigenvalue weighted by Gasteiger charge is 2.41. The molecule has 0 fully saturated rings. The summed E-state index contributed by atoms with van der Waals surface area (Å²) in [5.41, 5.74) is -3.88. The van der Waals surface area contributed by atoms with Crippen LogP contribution in [0.4, 0.5) is 52.7 Å². The number of hydrogen-bond donors (Lipinski definition) is 2. The highest BCUT2D eigenvalue weighted by atomic mass is 35.5. The monoisotopic (exact) mass is 1240 g/mol. The summed E-state index contributed by atoms with van der Waals surface area (Å²) in [7, 11) is 2.19. The van der Waals surface area contributed by atoms with Crippen LogP contribution in [0.1, 0.15) is 45.6 Å². The van der Waals surface area contributed by atoms with Gasteiger partial charge in [0, 0.05) is 34.0 Å². The first kappa shape index (κ1) is 63.2. The van der Waals surface area contributed by atoms with E-state index in [0.717, 1.165) is 45.1 Å². The average Bonchev–Trinajstić information content (AvgIpc) is 2.50. The highest BCUT2D eigenvalue weighted by molar-refractivity contribution is 6.30. The van der Waals surface area contributed by atoms with E-state index in [-0.39, 0.29) is 57.2 Å². The SMILES string of the molecule is COC(=O)Cn1nc(Cc2ccccc2C(F)(F)F)nc1Cn1nc(-c2ccc(Cl)cc2)n(CC(O)C(F)(F)F)c1=O.COC(=O)Cn1nc(Cn2nc(-c3ccc(Cl)cc3)n(CC(O)C(F)(F)F)c2=O)nc1Cc1ccccc1C(F)(F)F. The Bertz CT molecular complexity index is 3740. The smallest absolute Gasteiger partial charge is 0.416 e. The van der Waals surface area contributed by atoms with Crippen LogP contribution in [0.15, 0.2) is 107 Å². The largest absolute Gasteiger partial charge is 0.468 e. The third-order valence-corrected chi connectivity index (χ3v) is 12.5. The molecule has 84 heavy (non-hydrogen) atoms. The second kappa shape index (κ2) is 25.6. The zero-order chi connectivity index (χ0) is 61.6. The zero-order valence-corrected chi connectivity index (χ0v) is 44.6. The Labute approximate surface area is 473 Å². The summed E-state index contributed by atoms with van der Waals surface area (Å²) in [6, 6.07) is 20.8. The topological polar surface area (TPSA) is 234 Å². The Kier molecular flexibility index (Phi) is 19.3. The lowest BCUT2D eigenvalue weighted by Gasteiger charge is -2.15. The van der Waals surface area contributed by atoms with E-state index in [9.17, 15) is 82.1 Å². The number of methoxy groups -OCH3 is 2. The van der Waals surface area contributed by atoms with Gasteiger partial charge >= 0.3 is 48.0 Å². The second-order valence-electron chi connectivity index (χ2n) is 17.9. The molecule has 8 aromatic rings.